The van der Waals surface area contributed by atoms with Crippen LogP contribution in [-0.2, 0) is 14.3 Å². The Hall–Kier alpha value is -2.63. The number of aliphatic hydroxyl groups excluding tert-OH is 5. The van der Waals surface area contributed by atoms with Gasteiger partial charge in [0.1, 0.15) is 24.4 Å². The summed E-state index contributed by atoms with van der Waals surface area (Å²) < 4.78 is 11.1. The molecular weight excluding hydrogens is 682 g/mol. The lowest BCUT2D eigenvalue weighted by Crippen LogP contribution is -2.60. The number of rotatable bonds is 32. The van der Waals surface area contributed by atoms with E-state index in [2.05, 4.69) is 92.1 Å². The maximum absolute atomic E-state index is 12.9. The molecule has 0 radical (unpaired) electrons. The van der Waals surface area contributed by atoms with Gasteiger partial charge in [-0.15, -0.1) is 0 Å². The number of allylic oxidation sites excluding steroid dienone is 13. The standard InChI is InChI=1S/C45H75NO8/c1-3-5-7-9-11-13-15-16-17-18-19-20-21-22-23-24-25-27-29-31-33-35-41(49)46-38(37-53-45-44(52)43(51)42(50)40(36-47)54-45)39(48)34-32-30-28-26-14-12-10-8-6-4-2/h5,7,11,13-14,16-17,19-20,22-23,26,32,34,38-40,42-45,47-48,50-52H,3-4,6,8-10,12,15,18,21,24-25,27-31,33,35-37H2,1-2H3,(H,46,49)/b7-5-,13-11-,17-16-,20-19-,23-22-,26-14+,34-32+. The van der Waals surface area contributed by atoms with E-state index in [4.69, 9.17) is 9.47 Å². The van der Waals surface area contributed by atoms with Crippen molar-refractivity contribution in [1.82, 2.24) is 5.32 Å². The molecule has 7 atom stereocenters. The lowest BCUT2D eigenvalue weighted by molar-refractivity contribution is -0.302. The Morgan fingerprint density at radius 3 is 1.78 bits per heavy atom. The van der Waals surface area contributed by atoms with Crippen molar-refractivity contribution in [3.05, 3.63) is 85.1 Å². The number of carbonyl (C=O) groups is 1. The third-order valence-electron chi connectivity index (χ3n) is 9.20. The summed E-state index contributed by atoms with van der Waals surface area (Å²) in [5.74, 6) is -0.213. The molecule has 1 aliphatic heterocycles. The quantitative estimate of drug-likeness (QED) is 0.0299. The zero-order chi connectivity index (χ0) is 39.5. The number of aliphatic hydroxyl groups is 5. The van der Waals surface area contributed by atoms with Gasteiger partial charge in [0.05, 0.1) is 25.4 Å². The first-order chi connectivity index (χ1) is 26.3. The van der Waals surface area contributed by atoms with Crippen molar-refractivity contribution in [2.75, 3.05) is 13.2 Å². The summed E-state index contributed by atoms with van der Waals surface area (Å²) >= 11 is 0. The number of ether oxygens (including phenoxy) is 2. The Labute approximate surface area is 327 Å². The molecule has 9 heteroatoms. The van der Waals surface area contributed by atoms with E-state index in [0.29, 0.717) is 6.42 Å². The summed E-state index contributed by atoms with van der Waals surface area (Å²) in [4.78, 5) is 12.9. The minimum absolute atomic E-state index is 0.213. The van der Waals surface area contributed by atoms with Gasteiger partial charge in [0.15, 0.2) is 6.29 Å². The lowest BCUT2D eigenvalue weighted by Gasteiger charge is -2.40. The van der Waals surface area contributed by atoms with Gasteiger partial charge >= 0.3 is 0 Å². The monoisotopic (exact) mass is 758 g/mol. The highest BCUT2D eigenvalue weighted by molar-refractivity contribution is 5.76. The molecule has 1 heterocycles. The van der Waals surface area contributed by atoms with Gasteiger partial charge in [0.2, 0.25) is 5.91 Å². The van der Waals surface area contributed by atoms with Crippen LogP contribution in [0.3, 0.4) is 0 Å². The molecule has 0 bridgehead atoms. The number of carbonyl (C=O) groups excluding carboxylic acids is 1. The predicted octanol–water partition coefficient (Wildman–Crippen LogP) is 7.99. The Morgan fingerprint density at radius 1 is 0.648 bits per heavy atom. The Morgan fingerprint density at radius 2 is 1.17 bits per heavy atom. The van der Waals surface area contributed by atoms with Crippen molar-refractivity contribution in [2.24, 2.45) is 0 Å². The molecule has 0 saturated carbocycles. The van der Waals surface area contributed by atoms with Crippen LogP contribution < -0.4 is 5.32 Å². The Kier molecular flexibility index (Phi) is 31.9. The van der Waals surface area contributed by atoms with Crippen molar-refractivity contribution >= 4 is 5.91 Å². The molecule has 1 rings (SSSR count). The Bertz CT molecular complexity index is 1110. The van der Waals surface area contributed by atoms with E-state index in [1.807, 2.05) is 6.08 Å². The molecule has 0 aromatic carbocycles. The predicted molar refractivity (Wildman–Crippen MR) is 221 cm³/mol. The van der Waals surface area contributed by atoms with Gasteiger partial charge in [0, 0.05) is 6.42 Å². The first-order valence-electron chi connectivity index (χ1n) is 20.8. The molecule has 0 aromatic heterocycles. The minimum Gasteiger partial charge on any atom is -0.394 e. The van der Waals surface area contributed by atoms with E-state index < -0.39 is 49.5 Å². The second-order valence-electron chi connectivity index (χ2n) is 14.0. The fourth-order valence-corrected chi connectivity index (χ4v) is 5.84. The molecule has 9 nitrogen and oxygen atoms in total. The Balaban J connectivity index is 2.40. The summed E-state index contributed by atoms with van der Waals surface area (Å²) in [6.07, 6.45) is 40.6. The second kappa shape index (κ2) is 34.8. The zero-order valence-electron chi connectivity index (χ0n) is 33.4. The highest BCUT2D eigenvalue weighted by Gasteiger charge is 2.44. The van der Waals surface area contributed by atoms with Gasteiger partial charge in [0.25, 0.3) is 0 Å². The van der Waals surface area contributed by atoms with Gasteiger partial charge < -0.3 is 40.3 Å². The van der Waals surface area contributed by atoms with Gasteiger partial charge in [-0.2, -0.15) is 0 Å². The highest BCUT2D eigenvalue weighted by Crippen LogP contribution is 2.22. The van der Waals surface area contributed by atoms with Crippen molar-refractivity contribution in [2.45, 2.75) is 179 Å². The molecule has 308 valence electrons. The highest BCUT2D eigenvalue weighted by atomic mass is 16.7. The molecule has 0 spiro atoms. The maximum atomic E-state index is 12.9. The molecular formula is C45H75NO8. The zero-order valence-corrected chi connectivity index (χ0v) is 33.4. The van der Waals surface area contributed by atoms with Crippen LogP contribution >= 0.6 is 0 Å². The average molecular weight is 758 g/mol. The van der Waals surface area contributed by atoms with Crippen molar-refractivity contribution < 1.29 is 39.8 Å². The van der Waals surface area contributed by atoms with E-state index >= 15 is 0 Å². The number of hydrogen-bond acceptors (Lipinski definition) is 8. The number of hydrogen-bond donors (Lipinski definition) is 6. The van der Waals surface area contributed by atoms with Crippen LogP contribution in [0.15, 0.2) is 85.1 Å². The van der Waals surface area contributed by atoms with Crippen molar-refractivity contribution in [3.8, 4) is 0 Å². The van der Waals surface area contributed by atoms with E-state index in [1.165, 1.54) is 25.7 Å². The first kappa shape index (κ1) is 49.4. The number of amides is 1. The SMILES string of the molecule is CC/C=C\C/C=C\C/C=C\C/C=C\C/C=C\CCCCCCCC(=O)NC(COC1OC(CO)C(O)C(O)C1O)C(O)/C=C/CC/C=C/CCCCCC. The van der Waals surface area contributed by atoms with Crippen LogP contribution in [0.2, 0.25) is 0 Å². The van der Waals surface area contributed by atoms with Gasteiger partial charge in [-0.3, -0.25) is 4.79 Å². The van der Waals surface area contributed by atoms with E-state index in [9.17, 15) is 30.3 Å². The number of unbranched alkanes of at least 4 members (excludes halogenated alkanes) is 10. The summed E-state index contributed by atoms with van der Waals surface area (Å²) in [5, 5.41) is 53.9. The fourth-order valence-electron chi connectivity index (χ4n) is 5.84. The fraction of sp³-hybridized carbons (Fsp3) is 0.667. The molecule has 54 heavy (non-hydrogen) atoms. The minimum atomic E-state index is -1.58. The molecule has 6 N–H and O–H groups in total. The number of nitrogens with one attached hydrogen (secondary N) is 1. The topological polar surface area (TPSA) is 149 Å². The molecule has 1 aliphatic rings. The normalized spacial score (nSPS) is 22.4. The molecule has 0 aliphatic carbocycles. The van der Waals surface area contributed by atoms with Crippen LogP contribution in [0.1, 0.15) is 136 Å². The van der Waals surface area contributed by atoms with Crippen molar-refractivity contribution in [1.29, 1.82) is 0 Å². The lowest BCUT2D eigenvalue weighted by atomic mass is 9.99. The summed E-state index contributed by atoms with van der Waals surface area (Å²) in [5.41, 5.74) is 0. The maximum Gasteiger partial charge on any atom is 0.220 e. The van der Waals surface area contributed by atoms with E-state index in [0.717, 1.165) is 89.9 Å². The van der Waals surface area contributed by atoms with E-state index in [-0.39, 0.29) is 12.5 Å². The van der Waals surface area contributed by atoms with Crippen LogP contribution in [0.4, 0.5) is 0 Å². The third-order valence-corrected chi connectivity index (χ3v) is 9.20. The van der Waals surface area contributed by atoms with Crippen LogP contribution in [0.5, 0.6) is 0 Å². The smallest absolute Gasteiger partial charge is 0.220 e. The molecule has 7 unspecified atom stereocenters. The molecule has 0 aromatic rings. The summed E-state index contributed by atoms with van der Waals surface area (Å²) in [6, 6.07) is -0.835. The van der Waals surface area contributed by atoms with Crippen LogP contribution in [0, 0.1) is 0 Å². The largest absolute Gasteiger partial charge is 0.394 e. The second-order valence-corrected chi connectivity index (χ2v) is 14.0. The molecule has 1 fully saturated rings. The van der Waals surface area contributed by atoms with Gasteiger partial charge in [-0.1, -0.05) is 137 Å². The average Bonchev–Trinajstić information content (AvgIpc) is 3.17. The first-order valence-corrected chi connectivity index (χ1v) is 20.8. The molecule has 1 amide bonds. The van der Waals surface area contributed by atoms with Gasteiger partial charge in [-0.05, 0) is 77.0 Å². The van der Waals surface area contributed by atoms with Crippen LogP contribution in [0.25, 0.3) is 0 Å². The van der Waals surface area contributed by atoms with Crippen molar-refractivity contribution in [3.63, 3.8) is 0 Å². The third kappa shape index (κ3) is 25.4. The summed E-state index contributed by atoms with van der Waals surface area (Å²) in [7, 11) is 0. The van der Waals surface area contributed by atoms with Crippen LogP contribution in [-0.4, -0.2) is 87.5 Å². The van der Waals surface area contributed by atoms with E-state index in [1.54, 1.807) is 6.08 Å². The summed E-state index contributed by atoms with van der Waals surface area (Å²) in [6.45, 7) is 3.56. The van der Waals surface area contributed by atoms with Gasteiger partial charge in [-0.25, -0.2) is 0 Å². The molecule has 1 saturated heterocycles.